The van der Waals surface area contributed by atoms with Crippen LogP contribution in [0.15, 0.2) is 24.3 Å². The van der Waals surface area contributed by atoms with Crippen LogP contribution in [-0.4, -0.2) is 28.3 Å². The fraction of sp³-hybridized carbons (Fsp3) is 0.692. The lowest BCUT2D eigenvalue weighted by atomic mass is 10.0. The Bertz CT molecular complexity index is 583. The smallest absolute Gasteiger partial charge is 0.339 e. The number of carbonyl (C=O) groups is 2. The summed E-state index contributed by atoms with van der Waals surface area (Å²) < 4.78 is 5.12. The lowest BCUT2D eigenvalue weighted by Gasteiger charge is -2.07. The van der Waals surface area contributed by atoms with Crippen molar-refractivity contribution in [2.45, 2.75) is 117 Å². The maximum absolute atomic E-state index is 11.3. The van der Waals surface area contributed by atoms with Crippen LogP contribution < -0.4 is 0 Å². The average Bonchev–Trinajstić information content (AvgIpc) is 2.71. The number of rotatable bonds is 16. The molecule has 5 heteroatoms. The van der Waals surface area contributed by atoms with Crippen LogP contribution in [0.5, 0.6) is 5.75 Å². The van der Waals surface area contributed by atoms with Gasteiger partial charge in [-0.3, -0.25) is 4.79 Å². The molecular weight excluding hydrogens is 392 g/mol. The number of hydrogen-bond acceptors (Lipinski definition) is 4. The topological polar surface area (TPSA) is 83.8 Å². The molecule has 1 aromatic carbocycles. The lowest BCUT2D eigenvalue weighted by molar-refractivity contribution is -0.147. The molecule has 2 N–H and O–H groups in total. The molecule has 0 heterocycles. The minimum Gasteiger partial charge on any atom is -0.507 e. The molecule has 0 aromatic heterocycles. The van der Waals surface area contributed by atoms with Gasteiger partial charge in [0.2, 0.25) is 0 Å². The molecule has 0 amide bonds. The van der Waals surface area contributed by atoms with Gasteiger partial charge in [-0.05, 0) is 32.4 Å². The summed E-state index contributed by atoms with van der Waals surface area (Å²) in [6.07, 6.45) is 18.0. The molecule has 0 saturated carbocycles. The van der Waals surface area contributed by atoms with Crippen molar-refractivity contribution in [3.05, 3.63) is 29.8 Å². The van der Waals surface area contributed by atoms with E-state index in [0.717, 1.165) is 6.42 Å². The lowest BCUT2D eigenvalue weighted by Crippen LogP contribution is -2.10. The third-order valence-corrected chi connectivity index (χ3v) is 4.99. The summed E-state index contributed by atoms with van der Waals surface area (Å²) >= 11 is 0. The first-order chi connectivity index (χ1) is 14.9. The number of carbonyl (C=O) groups excluding carboxylic acids is 1. The summed E-state index contributed by atoms with van der Waals surface area (Å²) in [4.78, 5) is 21.6. The highest BCUT2D eigenvalue weighted by atomic mass is 16.5. The molecule has 1 rings (SSSR count). The second-order valence-electron chi connectivity index (χ2n) is 8.35. The quantitative estimate of drug-likeness (QED) is 0.207. The van der Waals surface area contributed by atoms with Crippen molar-refractivity contribution in [3.8, 4) is 5.75 Å². The Balaban J connectivity index is 0.000000743. The van der Waals surface area contributed by atoms with E-state index in [2.05, 4.69) is 6.92 Å². The molecule has 0 saturated heterocycles. The second-order valence-corrected chi connectivity index (χ2v) is 8.35. The predicted molar refractivity (Wildman–Crippen MR) is 127 cm³/mol. The third-order valence-electron chi connectivity index (χ3n) is 4.99. The fourth-order valence-electron chi connectivity index (χ4n) is 3.26. The molecule has 0 aliphatic heterocycles. The Morgan fingerprint density at radius 3 is 1.65 bits per heavy atom. The van der Waals surface area contributed by atoms with Crippen LogP contribution in [0.4, 0.5) is 0 Å². The van der Waals surface area contributed by atoms with Gasteiger partial charge in [0.25, 0.3) is 0 Å². The minimum absolute atomic E-state index is 0.0273. The number of carboxylic acids is 1. The molecule has 178 valence electrons. The zero-order valence-electron chi connectivity index (χ0n) is 19.9. The van der Waals surface area contributed by atoms with Crippen molar-refractivity contribution in [2.75, 3.05) is 0 Å². The largest absolute Gasteiger partial charge is 0.507 e. The van der Waals surface area contributed by atoms with Gasteiger partial charge in [0.15, 0.2) is 0 Å². The molecule has 0 unspecified atom stereocenters. The molecule has 0 fully saturated rings. The van der Waals surface area contributed by atoms with Gasteiger partial charge in [-0.25, -0.2) is 4.79 Å². The highest BCUT2D eigenvalue weighted by Crippen LogP contribution is 2.15. The molecule has 0 aliphatic carbocycles. The number of unbranched alkanes of at least 4 members (excludes halogenated alkanes) is 12. The number of aromatic hydroxyl groups is 1. The summed E-state index contributed by atoms with van der Waals surface area (Å²) in [6, 6.07) is 5.81. The molecule has 0 spiro atoms. The Hall–Kier alpha value is -2.04. The van der Waals surface area contributed by atoms with Crippen LogP contribution in [0.1, 0.15) is 121 Å². The summed E-state index contributed by atoms with van der Waals surface area (Å²) in [5.74, 6) is -1.35. The highest BCUT2D eigenvalue weighted by Gasteiger charge is 2.06. The Morgan fingerprint density at radius 1 is 0.806 bits per heavy atom. The second kappa shape index (κ2) is 19.9. The van der Waals surface area contributed by atoms with Gasteiger partial charge >= 0.3 is 11.9 Å². The molecule has 0 atom stereocenters. The monoisotopic (exact) mass is 436 g/mol. The first kappa shape index (κ1) is 29.0. The summed E-state index contributed by atoms with van der Waals surface area (Å²) in [7, 11) is 0. The van der Waals surface area contributed by atoms with Gasteiger partial charge in [0.05, 0.1) is 6.10 Å². The number of benzene rings is 1. The van der Waals surface area contributed by atoms with E-state index in [4.69, 9.17) is 14.9 Å². The van der Waals surface area contributed by atoms with Crippen molar-refractivity contribution in [3.63, 3.8) is 0 Å². The predicted octanol–water partition coefficient (Wildman–Crippen LogP) is 7.51. The summed E-state index contributed by atoms with van der Waals surface area (Å²) in [6.45, 7) is 6.08. The SMILES string of the molecule is CCCCCCCCCCCCCCCC(=O)OC(C)C.O=C(O)c1ccccc1O. The minimum atomic E-state index is -1.11. The van der Waals surface area contributed by atoms with Gasteiger partial charge in [0.1, 0.15) is 11.3 Å². The van der Waals surface area contributed by atoms with E-state index >= 15 is 0 Å². The van der Waals surface area contributed by atoms with Crippen molar-refractivity contribution in [1.82, 2.24) is 0 Å². The van der Waals surface area contributed by atoms with Crippen LogP contribution in [0.2, 0.25) is 0 Å². The molecule has 1 aromatic rings. The van der Waals surface area contributed by atoms with Crippen LogP contribution in [0.3, 0.4) is 0 Å². The first-order valence-electron chi connectivity index (χ1n) is 12.1. The van der Waals surface area contributed by atoms with Gasteiger partial charge in [-0.2, -0.15) is 0 Å². The van der Waals surface area contributed by atoms with Crippen LogP contribution in [-0.2, 0) is 9.53 Å². The maximum atomic E-state index is 11.3. The fourth-order valence-corrected chi connectivity index (χ4v) is 3.26. The van der Waals surface area contributed by atoms with E-state index in [-0.39, 0.29) is 23.4 Å². The zero-order valence-corrected chi connectivity index (χ0v) is 19.9. The first-order valence-corrected chi connectivity index (χ1v) is 12.1. The number of hydrogen-bond donors (Lipinski definition) is 2. The number of aromatic carboxylic acids is 1. The Labute approximate surface area is 189 Å². The Morgan fingerprint density at radius 2 is 1.26 bits per heavy atom. The summed E-state index contributed by atoms with van der Waals surface area (Å²) in [5.41, 5.74) is -0.0671. The number of para-hydroxylation sites is 1. The average molecular weight is 437 g/mol. The van der Waals surface area contributed by atoms with Crippen LogP contribution in [0.25, 0.3) is 0 Å². The van der Waals surface area contributed by atoms with E-state index in [9.17, 15) is 9.59 Å². The number of carboxylic acid groups (broad SMARTS) is 1. The van der Waals surface area contributed by atoms with Gasteiger partial charge < -0.3 is 14.9 Å². The third kappa shape index (κ3) is 18.4. The van der Waals surface area contributed by atoms with Gasteiger partial charge in [-0.1, -0.05) is 96.1 Å². The summed E-state index contributed by atoms with van der Waals surface area (Å²) in [5, 5.41) is 17.3. The zero-order chi connectivity index (χ0) is 23.3. The van der Waals surface area contributed by atoms with Gasteiger partial charge in [0, 0.05) is 6.42 Å². The van der Waals surface area contributed by atoms with Crippen LogP contribution in [0, 0.1) is 0 Å². The molecule has 31 heavy (non-hydrogen) atoms. The van der Waals surface area contributed by atoms with Crippen LogP contribution >= 0.6 is 0 Å². The normalized spacial score (nSPS) is 10.5. The molecular formula is C26H44O5. The van der Waals surface area contributed by atoms with Crippen molar-refractivity contribution < 1.29 is 24.5 Å². The molecule has 0 aliphatic rings. The maximum Gasteiger partial charge on any atom is 0.339 e. The number of phenols is 1. The molecule has 0 bridgehead atoms. The Kier molecular flexibility index (Phi) is 18.6. The van der Waals surface area contributed by atoms with Crippen molar-refractivity contribution in [2.24, 2.45) is 0 Å². The highest BCUT2D eigenvalue weighted by molar-refractivity contribution is 5.90. The van der Waals surface area contributed by atoms with E-state index in [1.54, 1.807) is 12.1 Å². The van der Waals surface area contributed by atoms with Crippen molar-refractivity contribution >= 4 is 11.9 Å². The number of ether oxygens (including phenoxy) is 1. The molecule has 0 radical (unpaired) electrons. The van der Waals surface area contributed by atoms with E-state index < -0.39 is 5.97 Å². The van der Waals surface area contributed by atoms with Gasteiger partial charge in [-0.15, -0.1) is 0 Å². The van der Waals surface area contributed by atoms with E-state index in [1.165, 1.54) is 89.2 Å². The van der Waals surface area contributed by atoms with E-state index in [0.29, 0.717) is 6.42 Å². The van der Waals surface area contributed by atoms with E-state index in [1.807, 2.05) is 13.8 Å². The standard InChI is InChI=1S/C19H38O2.C7H6O3/c1-4-5-6-7-8-9-10-11-12-13-14-15-16-17-19(20)21-18(2)3;8-6-4-2-1-3-5(6)7(9)10/h18H,4-17H2,1-3H3;1-4,8H,(H,9,10). The van der Waals surface area contributed by atoms with Crippen molar-refractivity contribution in [1.29, 1.82) is 0 Å². The molecule has 5 nitrogen and oxygen atoms in total. The number of esters is 1.